The van der Waals surface area contributed by atoms with Crippen LogP contribution in [0.25, 0.3) is 12.2 Å². The molecule has 0 spiro atoms. The maximum absolute atomic E-state index is 2.50. The molecule has 3 aromatic carbocycles. The molecular weight excluding hydrogens is 312 g/mol. The first kappa shape index (κ1) is 16.8. The van der Waals surface area contributed by atoms with Gasteiger partial charge in [-0.25, -0.2) is 0 Å². The maximum atomic E-state index is 2.50. The van der Waals surface area contributed by atoms with Crippen LogP contribution in [-0.4, -0.2) is 0 Å². The predicted molar refractivity (Wildman–Crippen MR) is 111 cm³/mol. The standard InChI is InChI=1S/C20H20.C6H6/c1-2-14-7-10-18-16(13-14)9-12-19-17-6-4-3-5-15(17)8-11-20(18)19;1-2-4-6-5-3-1/h3-6,8-9,12-14H,2,7,10-11H2,1H3;1-6H. The summed E-state index contributed by atoms with van der Waals surface area (Å²) in [5.41, 5.74) is 3.19. The molecule has 0 amide bonds. The zero-order valence-corrected chi connectivity index (χ0v) is 15.5. The van der Waals surface area contributed by atoms with Gasteiger partial charge in [-0.05, 0) is 63.6 Å². The molecule has 2 aliphatic rings. The van der Waals surface area contributed by atoms with Crippen molar-refractivity contribution in [2.45, 2.75) is 32.6 Å². The second kappa shape index (κ2) is 7.74. The molecule has 0 bridgehead atoms. The molecule has 26 heavy (non-hydrogen) atoms. The van der Waals surface area contributed by atoms with Crippen LogP contribution in [0.1, 0.15) is 30.9 Å². The van der Waals surface area contributed by atoms with E-state index in [0.717, 1.165) is 12.3 Å². The first-order valence-corrected chi connectivity index (χ1v) is 9.79. The van der Waals surface area contributed by atoms with Crippen molar-refractivity contribution in [2.24, 2.45) is 5.92 Å². The molecule has 1 unspecified atom stereocenters. The van der Waals surface area contributed by atoms with Gasteiger partial charge in [-0.3, -0.25) is 0 Å². The van der Waals surface area contributed by atoms with Crippen LogP contribution in [0.4, 0.5) is 0 Å². The summed E-state index contributed by atoms with van der Waals surface area (Å²) in [5, 5.41) is 5.76. The summed E-state index contributed by atoms with van der Waals surface area (Å²) in [4.78, 5) is 0. The van der Waals surface area contributed by atoms with E-state index in [1.165, 1.54) is 40.1 Å². The molecule has 0 saturated carbocycles. The number of benzene rings is 3. The van der Waals surface area contributed by atoms with Crippen molar-refractivity contribution in [3.8, 4) is 0 Å². The van der Waals surface area contributed by atoms with Crippen molar-refractivity contribution >= 4 is 12.2 Å². The monoisotopic (exact) mass is 338 g/mol. The molecule has 0 fully saturated rings. The molecule has 1 atom stereocenters. The van der Waals surface area contributed by atoms with Crippen LogP contribution in [0.2, 0.25) is 0 Å². The zero-order valence-electron chi connectivity index (χ0n) is 15.5. The summed E-state index contributed by atoms with van der Waals surface area (Å²) in [6.07, 6.45) is 9.83. The highest BCUT2D eigenvalue weighted by Crippen LogP contribution is 2.22. The van der Waals surface area contributed by atoms with Crippen molar-refractivity contribution in [1.29, 1.82) is 0 Å². The Labute approximate surface area is 155 Å². The minimum atomic E-state index is 0.778. The molecule has 2 aliphatic carbocycles. The topological polar surface area (TPSA) is 0 Å². The fourth-order valence-corrected chi connectivity index (χ4v) is 4.15. The lowest BCUT2D eigenvalue weighted by Crippen LogP contribution is -2.22. The van der Waals surface area contributed by atoms with E-state index in [1.54, 1.807) is 11.1 Å². The van der Waals surface area contributed by atoms with Gasteiger partial charge in [-0.15, -0.1) is 0 Å². The van der Waals surface area contributed by atoms with Crippen LogP contribution in [0.15, 0.2) is 72.8 Å². The predicted octanol–water partition coefficient (Wildman–Crippen LogP) is 4.75. The first-order chi connectivity index (χ1) is 12.9. The fourth-order valence-electron chi connectivity index (χ4n) is 4.15. The van der Waals surface area contributed by atoms with Crippen LogP contribution in [-0.2, 0) is 12.8 Å². The molecule has 3 aromatic rings. The van der Waals surface area contributed by atoms with Crippen LogP contribution in [0, 0.1) is 16.4 Å². The third-order valence-electron chi connectivity index (χ3n) is 5.62. The summed E-state index contributed by atoms with van der Waals surface area (Å²) in [6, 6.07) is 25.5. The minimum absolute atomic E-state index is 0.778. The molecule has 5 rings (SSSR count). The lowest BCUT2D eigenvalue weighted by atomic mass is 9.84. The average molecular weight is 338 g/mol. The highest BCUT2D eigenvalue weighted by molar-refractivity contribution is 5.48. The van der Waals surface area contributed by atoms with Crippen LogP contribution < -0.4 is 10.4 Å². The lowest BCUT2D eigenvalue weighted by molar-refractivity contribution is 0.585. The first-order valence-electron chi connectivity index (χ1n) is 9.79. The van der Waals surface area contributed by atoms with Crippen molar-refractivity contribution < 1.29 is 0 Å². The van der Waals surface area contributed by atoms with Crippen molar-refractivity contribution in [1.82, 2.24) is 0 Å². The number of fused-ring (bicyclic) bond motifs is 4. The smallest absolute Gasteiger partial charge is 0.00791 e. The van der Waals surface area contributed by atoms with Gasteiger partial charge >= 0.3 is 0 Å². The molecular formula is C26H26. The van der Waals surface area contributed by atoms with E-state index < -0.39 is 0 Å². The molecule has 0 aliphatic heterocycles. The van der Waals surface area contributed by atoms with Gasteiger partial charge in [0.25, 0.3) is 0 Å². The normalized spacial score (nSPS) is 16.6. The van der Waals surface area contributed by atoms with Gasteiger partial charge in [0.1, 0.15) is 0 Å². The van der Waals surface area contributed by atoms with Gasteiger partial charge in [-0.2, -0.15) is 0 Å². The Morgan fingerprint density at radius 1 is 0.731 bits per heavy atom. The minimum Gasteiger partial charge on any atom is -0.0739 e. The molecule has 0 radical (unpaired) electrons. The van der Waals surface area contributed by atoms with E-state index in [-0.39, 0.29) is 0 Å². The number of hydrogen-bond acceptors (Lipinski definition) is 0. The third kappa shape index (κ3) is 3.37. The second-order valence-corrected chi connectivity index (χ2v) is 7.18. The van der Waals surface area contributed by atoms with E-state index >= 15 is 0 Å². The maximum Gasteiger partial charge on any atom is -0.00791 e. The van der Waals surface area contributed by atoms with Crippen molar-refractivity contribution in [2.75, 3.05) is 0 Å². The van der Waals surface area contributed by atoms with E-state index in [2.05, 4.69) is 55.5 Å². The van der Waals surface area contributed by atoms with E-state index in [9.17, 15) is 0 Å². The molecule has 0 saturated heterocycles. The summed E-state index contributed by atoms with van der Waals surface area (Å²) in [7, 11) is 0. The zero-order chi connectivity index (χ0) is 17.8. The molecule has 0 N–H and O–H groups in total. The highest BCUT2D eigenvalue weighted by atomic mass is 14.2. The van der Waals surface area contributed by atoms with Gasteiger partial charge < -0.3 is 0 Å². The van der Waals surface area contributed by atoms with Crippen LogP contribution >= 0.6 is 0 Å². The Bertz CT molecular complexity index is 1060. The molecule has 130 valence electrons. The Balaban J connectivity index is 0.000000240. The number of rotatable bonds is 1. The van der Waals surface area contributed by atoms with Gasteiger partial charge in [0.15, 0.2) is 0 Å². The largest absolute Gasteiger partial charge is 0.0739 e. The average Bonchev–Trinajstić information content (AvgIpc) is 2.74. The summed E-state index contributed by atoms with van der Waals surface area (Å²) >= 11 is 0. The summed E-state index contributed by atoms with van der Waals surface area (Å²) < 4.78 is 0. The van der Waals surface area contributed by atoms with E-state index in [1.807, 2.05) is 36.4 Å². The van der Waals surface area contributed by atoms with Gasteiger partial charge in [0.2, 0.25) is 0 Å². The summed E-state index contributed by atoms with van der Waals surface area (Å²) in [5.74, 6) is 0.778. The van der Waals surface area contributed by atoms with Crippen molar-refractivity contribution in [3.05, 3.63) is 105 Å². The fraction of sp³-hybridized carbons (Fsp3) is 0.231. The summed E-state index contributed by atoms with van der Waals surface area (Å²) in [6.45, 7) is 2.30. The Kier molecular flexibility index (Phi) is 5.02. The highest BCUT2D eigenvalue weighted by Gasteiger charge is 2.15. The molecule has 0 heteroatoms. The Morgan fingerprint density at radius 3 is 2.19 bits per heavy atom. The third-order valence-corrected chi connectivity index (χ3v) is 5.62. The molecule has 0 aromatic heterocycles. The van der Waals surface area contributed by atoms with E-state index in [0.29, 0.717) is 0 Å². The van der Waals surface area contributed by atoms with E-state index in [4.69, 9.17) is 0 Å². The second-order valence-electron chi connectivity index (χ2n) is 7.18. The lowest BCUT2D eigenvalue weighted by Gasteiger charge is -2.20. The molecule has 0 heterocycles. The van der Waals surface area contributed by atoms with Crippen molar-refractivity contribution in [3.63, 3.8) is 0 Å². The molecule has 0 nitrogen and oxygen atoms in total. The van der Waals surface area contributed by atoms with Crippen LogP contribution in [0.5, 0.6) is 0 Å². The van der Waals surface area contributed by atoms with Gasteiger partial charge in [0.05, 0.1) is 0 Å². The Hall–Kier alpha value is -2.60. The van der Waals surface area contributed by atoms with Crippen LogP contribution in [0.3, 0.4) is 0 Å². The quantitative estimate of drug-likeness (QED) is 0.601. The van der Waals surface area contributed by atoms with Gasteiger partial charge in [0, 0.05) is 0 Å². The number of hydrogen-bond donors (Lipinski definition) is 0. The Morgan fingerprint density at radius 2 is 1.46 bits per heavy atom. The van der Waals surface area contributed by atoms with Gasteiger partial charge in [-0.1, -0.05) is 91.9 Å². The SMILES string of the molecule is CCC1C=c2ccc3c(c2CC1)CC=c1ccccc1=3.c1ccccc1.